The molecule has 0 aliphatic heterocycles. The number of ether oxygens (including phenoxy) is 1. The predicted octanol–water partition coefficient (Wildman–Crippen LogP) is 2.46. The third-order valence-corrected chi connectivity index (χ3v) is 3.64. The van der Waals surface area contributed by atoms with Gasteiger partial charge in [0.2, 0.25) is 11.8 Å². The van der Waals surface area contributed by atoms with Gasteiger partial charge in [0.15, 0.2) is 0 Å². The smallest absolute Gasteiger partial charge is 0.220 e. The van der Waals surface area contributed by atoms with E-state index in [9.17, 15) is 14.4 Å². The van der Waals surface area contributed by atoms with Crippen molar-refractivity contribution in [1.82, 2.24) is 10.6 Å². The molecule has 6 heteroatoms. The minimum absolute atomic E-state index is 0.00980. The number of ketones is 1. The van der Waals surface area contributed by atoms with Crippen LogP contribution in [0.25, 0.3) is 0 Å². The van der Waals surface area contributed by atoms with Crippen LogP contribution in [0.2, 0.25) is 0 Å². The first-order valence-electron chi connectivity index (χ1n) is 9.46. The summed E-state index contributed by atoms with van der Waals surface area (Å²) in [7, 11) is 0. The van der Waals surface area contributed by atoms with E-state index in [4.69, 9.17) is 4.74 Å². The molecule has 0 spiro atoms. The molecule has 0 aromatic rings. The van der Waals surface area contributed by atoms with Crippen LogP contribution in [0.4, 0.5) is 0 Å². The van der Waals surface area contributed by atoms with E-state index in [0.29, 0.717) is 57.9 Å². The van der Waals surface area contributed by atoms with Crippen molar-refractivity contribution in [3.63, 3.8) is 0 Å². The van der Waals surface area contributed by atoms with Crippen molar-refractivity contribution in [2.24, 2.45) is 11.8 Å². The van der Waals surface area contributed by atoms with Crippen LogP contribution in [0, 0.1) is 11.8 Å². The largest absolute Gasteiger partial charge is 0.381 e. The summed E-state index contributed by atoms with van der Waals surface area (Å²) in [6, 6.07) is 0. The van der Waals surface area contributed by atoms with Gasteiger partial charge >= 0.3 is 0 Å². The second kappa shape index (κ2) is 14.9. The summed E-state index contributed by atoms with van der Waals surface area (Å²) in [4.78, 5) is 34.5. The molecule has 2 N–H and O–H groups in total. The Balaban J connectivity index is 3.36. The predicted molar refractivity (Wildman–Crippen MR) is 99.2 cm³/mol. The summed E-state index contributed by atoms with van der Waals surface area (Å²) in [5, 5.41) is 5.70. The van der Waals surface area contributed by atoms with Gasteiger partial charge in [0.1, 0.15) is 5.78 Å². The van der Waals surface area contributed by atoms with Crippen LogP contribution in [-0.4, -0.2) is 43.9 Å². The lowest BCUT2D eigenvalue weighted by atomic mass is 10.0. The molecule has 0 fully saturated rings. The summed E-state index contributed by atoms with van der Waals surface area (Å²) in [5.41, 5.74) is 0. The molecule has 0 saturated heterocycles. The lowest BCUT2D eigenvalue weighted by Gasteiger charge is -2.08. The number of Topliss-reactive ketones (excluding diaryl/α,β-unsaturated/α-hetero) is 1. The van der Waals surface area contributed by atoms with Crippen LogP contribution in [0.1, 0.15) is 66.2 Å². The van der Waals surface area contributed by atoms with Crippen molar-refractivity contribution in [1.29, 1.82) is 0 Å². The van der Waals surface area contributed by atoms with E-state index in [-0.39, 0.29) is 23.5 Å². The lowest BCUT2D eigenvalue weighted by Crippen LogP contribution is -2.26. The van der Waals surface area contributed by atoms with Crippen molar-refractivity contribution in [2.75, 3.05) is 26.3 Å². The maximum absolute atomic E-state index is 11.6. The molecule has 0 atom stereocenters. The van der Waals surface area contributed by atoms with Gasteiger partial charge < -0.3 is 15.4 Å². The summed E-state index contributed by atoms with van der Waals surface area (Å²) in [5.74, 6) is 0.713. The molecule has 0 aliphatic rings. The molecule has 0 heterocycles. The Labute approximate surface area is 152 Å². The van der Waals surface area contributed by atoms with E-state index in [1.54, 1.807) is 0 Å². The first-order chi connectivity index (χ1) is 11.8. The Bertz CT molecular complexity index is 395. The first kappa shape index (κ1) is 23.6. The molecule has 0 unspecified atom stereocenters. The molecular formula is C19H36N2O4. The summed E-state index contributed by atoms with van der Waals surface area (Å²) < 4.78 is 5.47. The zero-order chi connectivity index (χ0) is 19.1. The molecule has 0 radical (unpaired) electrons. The molecule has 0 saturated carbocycles. The second-order valence-electron chi connectivity index (χ2n) is 7.09. The van der Waals surface area contributed by atoms with Crippen LogP contribution in [0.5, 0.6) is 0 Å². The van der Waals surface area contributed by atoms with Crippen molar-refractivity contribution >= 4 is 17.6 Å². The van der Waals surface area contributed by atoms with E-state index < -0.39 is 0 Å². The highest BCUT2D eigenvalue weighted by Gasteiger charge is 2.08. The van der Waals surface area contributed by atoms with Crippen LogP contribution >= 0.6 is 0 Å². The fraction of sp³-hybridized carbons (Fsp3) is 0.842. The molecule has 0 rings (SSSR count). The van der Waals surface area contributed by atoms with Crippen LogP contribution in [-0.2, 0) is 19.1 Å². The van der Waals surface area contributed by atoms with Crippen molar-refractivity contribution in [2.45, 2.75) is 66.2 Å². The maximum atomic E-state index is 11.6. The van der Waals surface area contributed by atoms with Gasteiger partial charge in [-0.2, -0.15) is 0 Å². The van der Waals surface area contributed by atoms with Crippen molar-refractivity contribution < 1.29 is 19.1 Å². The van der Waals surface area contributed by atoms with Gasteiger partial charge in [-0.15, -0.1) is 0 Å². The number of amides is 2. The number of carbonyl (C=O) groups is 3. The summed E-state index contributed by atoms with van der Waals surface area (Å²) in [6.07, 6.45) is 3.60. The van der Waals surface area contributed by atoms with Gasteiger partial charge in [0.25, 0.3) is 0 Å². The van der Waals surface area contributed by atoms with Gasteiger partial charge in [-0.1, -0.05) is 27.7 Å². The highest BCUT2D eigenvalue weighted by Crippen LogP contribution is 2.04. The van der Waals surface area contributed by atoms with Gasteiger partial charge in [0.05, 0.1) is 0 Å². The van der Waals surface area contributed by atoms with E-state index >= 15 is 0 Å². The average Bonchev–Trinajstić information content (AvgIpc) is 2.52. The molecule has 146 valence electrons. The Morgan fingerprint density at radius 3 is 1.88 bits per heavy atom. The number of rotatable bonds is 15. The molecule has 0 aromatic carbocycles. The third kappa shape index (κ3) is 15.8. The van der Waals surface area contributed by atoms with E-state index in [1.807, 2.05) is 27.7 Å². The maximum Gasteiger partial charge on any atom is 0.220 e. The zero-order valence-corrected chi connectivity index (χ0v) is 16.4. The number of carbonyl (C=O) groups excluding carboxylic acids is 3. The Morgan fingerprint density at radius 2 is 1.36 bits per heavy atom. The van der Waals surface area contributed by atoms with E-state index in [1.165, 1.54) is 0 Å². The normalized spacial score (nSPS) is 11.0. The molecule has 0 aliphatic carbocycles. The Hall–Kier alpha value is -1.43. The molecule has 6 nitrogen and oxygen atoms in total. The summed E-state index contributed by atoms with van der Waals surface area (Å²) in [6.45, 7) is 10.2. The van der Waals surface area contributed by atoms with E-state index in [2.05, 4.69) is 10.6 Å². The Morgan fingerprint density at radius 1 is 0.800 bits per heavy atom. The van der Waals surface area contributed by atoms with Crippen molar-refractivity contribution in [3.05, 3.63) is 0 Å². The zero-order valence-electron chi connectivity index (χ0n) is 16.4. The average molecular weight is 357 g/mol. The Kier molecular flexibility index (Phi) is 14.0. The van der Waals surface area contributed by atoms with E-state index in [0.717, 1.165) is 12.8 Å². The monoisotopic (exact) mass is 356 g/mol. The number of hydrogen-bond donors (Lipinski definition) is 2. The quantitative estimate of drug-likeness (QED) is 0.441. The third-order valence-electron chi connectivity index (χ3n) is 3.64. The fourth-order valence-electron chi connectivity index (χ4n) is 2.15. The minimum Gasteiger partial charge on any atom is -0.381 e. The van der Waals surface area contributed by atoms with Crippen LogP contribution in [0.3, 0.4) is 0 Å². The first-order valence-corrected chi connectivity index (χ1v) is 9.46. The molecule has 0 bridgehead atoms. The van der Waals surface area contributed by atoms with Gasteiger partial charge in [-0.3, -0.25) is 14.4 Å². The van der Waals surface area contributed by atoms with Gasteiger partial charge in [-0.25, -0.2) is 0 Å². The second-order valence-corrected chi connectivity index (χ2v) is 7.09. The fourth-order valence-corrected chi connectivity index (χ4v) is 2.15. The molecule has 25 heavy (non-hydrogen) atoms. The van der Waals surface area contributed by atoms with Crippen LogP contribution < -0.4 is 10.6 Å². The highest BCUT2D eigenvalue weighted by atomic mass is 16.5. The lowest BCUT2D eigenvalue weighted by molar-refractivity contribution is -0.123. The number of hydrogen-bond acceptors (Lipinski definition) is 4. The topological polar surface area (TPSA) is 84.5 Å². The van der Waals surface area contributed by atoms with Gasteiger partial charge in [-0.05, 0) is 25.2 Å². The van der Waals surface area contributed by atoms with Crippen LogP contribution in [0.15, 0.2) is 0 Å². The standard InChI is InChI=1S/C19H36N2O4/c1-15(2)14-19(24)21-11-7-13-25-12-6-10-20-18(23)9-5-8-17(22)16(3)4/h15-16H,5-14H2,1-4H3,(H,20,23)(H,21,24). The number of nitrogens with one attached hydrogen (secondary N) is 2. The molecule has 0 aromatic heterocycles. The van der Waals surface area contributed by atoms with Crippen molar-refractivity contribution in [3.8, 4) is 0 Å². The molecule has 2 amide bonds. The SMILES string of the molecule is CC(C)CC(=O)NCCCOCCCNC(=O)CCCC(=O)C(C)C. The highest BCUT2D eigenvalue weighted by molar-refractivity contribution is 5.81. The molecular weight excluding hydrogens is 320 g/mol. The summed E-state index contributed by atoms with van der Waals surface area (Å²) >= 11 is 0. The van der Waals surface area contributed by atoms with Gasteiger partial charge in [0, 0.05) is 51.5 Å². The minimum atomic E-state index is -0.00980.